The minimum absolute atomic E-state index is 0.0144. The molecule has 8 heteroatoms. The lowest BCUT2D eigenvalue weighted by Crippen LogP contribution is -2.31. The Morgan fingerprint density at radius 2 is 1.76 bits per heavy atom. The summed E-state index contributed by atoms with van der Waals surface area (Å²) in [6.07, 6.45) is 0. The summed E-state index contributed by atoms with van der Waals surface area (Å²) in [6, 6.07) is 12.9. The van der Waals surface area contributed by atoms with Crippen LogP contribution in [0.5, 0.6) is 0 Å². The molecule has 1 aromatic heterocycles. The van der Waals surface area contributed by atoms with E-state index >= 15 is 0 Å². The van der Waals surface area contributed by atoms with Crippen LogP contribution >= 0.6 is 11.3 Å². The smallest absolute Gasteiger partial charge is 0.338 e. The van der Waals surface area contributed by atoms with E-state index in [1.807, 2.05) is 31.2 Å². The monoisotopic (exact) mass is 476 g/mol. The Morgan fingerprint density at radius 1 is 1.09 bits per heavy atom. The number of aliphatic hydroxyl groups is 1. The van der Waals surface area contributed by atoms with Gasteiger partial charge in [-0.25, -0.2) is 9.78 Å². The van der Waals surface area contributed by atoms with E-state index in [9.17, 15) is 19.5 Å². The maximum atomic E-state index is 13.6. The van der Waals surface area contributed by atoms with Crippen LogP contribution in [0.25, 0.3) is 0 Å². The lowest BCUT2D eigenvalue weighted by molar-refractivity contribution is -0.117. The first-order valence-corrected chi connectivity index (χ1v) is 11.6. The van der Waals surface area contributed by atoms with Gasteiger partial charge in [0.1, 0.15) is 0 Å². The van der Waals surface area contributed by atoms with Gasteiger partial charge in [-0.05, 0) is 63.1 Å². The van der Waals surface area contributed by atoms with Crippen LogP contribution in [0.3, 0.4) is 0 Å². The van der Waals surface area contributed by atoms with Crippen molar-refractivity contribution >= 4 is 34.7 Å². The van der Waals surface area contributed by atoms with Crippen molar-refractivity contribution in [3.63, 3.8) is 0 Å². The summed E-state index contributed by atoms with van der Waals surface area (Å²) >= 11 is 1.23. The largest absolute Gasteiger partial charge is 0.503 e. The van der Waals surface area contributed by atoms with E-state index in [-0.39, 0.29) is 12.2 Å². The van der Waals surface area contributed by atoms with Gasteiger partial charge in [0.05, 0.1) is 39.4 Å². The number of hydrogen-bond donors (Lipinski definition) is 1. The summed E-state index contributed by atoms with van der Waals surface area (Å²) in [6.45, 7) is 7.40. The average Bonchev–Trinajstić information content (AvgIpc) is 3.29. The highest BCUT2D eigenvalue weighted by Crippen LogP contribution is 2.43. The molecule has 0 spiro atoms. The Bertz CT molecular complexity index is 1320. The van der Waals surface area contributed by atoms with Crippen molar-refractivity contribution in [1.82, 2.24) is 4.98 Å². The number of aryl methyl sites for hydroxylation is 3. The van der Waals surface area contributed by atoms with Crippen LogP contribution < -0.4 is 4.90 Å². The number of ketones is 1. The molecule has 1 unspecified atom stereocenters. The fourth-order valence-electron chi connectivity index (χ4n) is 4.13. The van der Waals surface area contributed by atoms with Crippen LogP contribution in [0.1, 0.15) is 54.8 Å². The molecule has 1 aliphatic rings. The number of amides is 1. The van der Waals surface area contributed by atoms with Crippen molar-refractivity contribution in [2.45, 2.75) is 33.7 Å². The number of nitrogens with zero attached hydrogens (tertiary/aromatic N) is 2. The standard InChI is InChI=1S/C26H24N2O5S/c1-5-33-26(32)17-10-12-18(13-11-17)28-21(19-9-7-6-8-14(19)2)20(23(30)25(28)31)22(29)24-15(3)27-16(4)34-24/h6-13,21,30H,5H2,1-4H3. The number of aliphatic hydroxyl groups excluding tert-OH is 1. The Kier molecular flexibility index (Phi) is 6.34. The van der Waals surface area contributed by atoms with Gasteiger partial charge in [0.25, 0.3) is 5.91 Å². The summed E-state index contributed by atoms with van der Waals surface area (Å²) in [4.78, 5) is 45.1. The van der Waals surface area contributed by atoms with Crippen molar-refractivity contribution in [2.24, 2.45) is 0 Å². The van der Waals surface area contributed by atoms with Gasteiger partial charge in [-0.3, -0.25) is 14.5 Å². The highest BCUT2D eigenvalue weighted by atomic mass is 32.1. The van der Waals surface area contributed by atoms with Gasteiger partial charge in [0.15, 0.2) is 5.76 Å². The van der Waals surface area contributed by atoms with Gasteiger partial charge < -0.3 is 9.84 Å². The second-order valence-electron chi connectivity index (χ2n) is 7.94. The molecule has 2 aromatic carbocycles. The normalized spacial score (nSPS) is 15.7. The first-order chi connectivity index (χ1) is 16.2. The van der Waals surface area contributed by atoms with Gasteiger partial charge in [-0.1, -0.05) is 24.3 Å². The highest BCUT2D eigenvalue weighted by Gasteiger charge is 2.45. The summed E-state index contributed by atoms with van der Waals surface area (Å²) in [5, 5.41) is 11.7. The predicted octanol–water partition coefficient (Wildman–Crippen LogP) is 5.03. The molecule has 1 amide bonds. The number of Topliss-reactive ketones (excluding diaryl/α,β-unsaturated/α-hetero) is 1. The number of ether oxygens (including phenoxy) is 1. The average molecular weight is 477 g/mol. The van der Waals surface area contributed by atoms with Gasteiger partial charge in [0.2, 0.25) is 5.78 Å². The number of hydrogen-bond acceptors (Lipinski definition) is 7. The molecular weight excluding hydrogens is 452 g/mol. The molecule has 4 rings (SSSR count). The summed E-state index contributed by atoms with van der Waals surface area (Å²) in [5.41, 5.74) is 2.94. The molecule has 0 fully saturated rings. The molecule has 1 atom stereocenters. The number of thiazole rings is 1. The zero-order valence-corrected chi connectivity index (χ0v) is 20.1. The fraction of sp³-hybridized carbons (Fsp3) is 0.231. The van der Waals surface area contributed by atoms with Crippen LogP contribution in [0, 0.1) is 20.8 Å². The first-order valence-electron chi connectivity index (χ1n) is 10.8. The number of carbonyl (C=O) groups is 3. The van der Waals surface area contributed by atoms with Crippen LogP contribution in [-0.2, 0) is 9.53 Å². The predicted molar refractivity (Wildman–Crippen MR) is 129 cm³/mol. The van der Waals surface area contributed by atoms with Crippen molar-refractivity contribution in [1.29, 1.82) is 0 Å². The van der Waals surface area contributed by atoms with Crippen LogP contribution in [0.15, 0.2) is 59.9 Å². The van der Waals surface area contributed by atoms with E-state index in [0.29, 0.717) is 21.8 Å². The second kappa shape index (κ2) is 9.23. The molecule has 2 heterocycles. The first kappa shape index (κ1) is 23.4. The zero-order valence-electron chi connectivity index (χ0n) is 19.3. The SMILES string of the molecule is CCOC(=O)c1ccc(N2C(=O)C(O)=C(C(=O)c3sc(C)nc3C)C2c2ccccc2C)cc1. The molecule has 0 saturated carbocycles. The minimum Gasteiger partial charge on any atom is -0.503 e. The van der Waals surface area contributed by atoms with Gasteiger partial charge in [-0.2, -0.15) is 0 Å². The highest BCUT2D eigenvalue weighted by molar-refractivity contribution is 7.14. The van der Waals surface area contributed by atoms with E-state index in [2.05, 4.69) is 4.98 Å². The summed E-state index contributed by atoms with van der Waals surface area (Å²) in [5.74, 6) is -2.16. The number of carbonyl (C=O) groups excluding carboxylic acids is 3. The van der Waals surface area contributed by atoms with Crippen LogP contribution in [0.4, 0.5) is 5.69 Å². The molecule has 174 valence electrons. The van der Waals surface area contributed by atoms with E-state index in [4.69, 9.17) is 4.74 Å². The number of anilines is 1. The number of esters is 1. The van der Waals surface area contributed by atoms with Gasteiger partial charge in [0, 0.05) is 5.69 Å². The van der Waals surface area contributed by atoms with E-state index in [0.717, 1.165) is 16.1 Å². The molecule has 1 aliphatic heterocycles. The summed E-state index contributed by atoms with van der Waals surface area (Å²) in [7, 11) is 0. The number of benzene rings is 2. The molecule has 0 aliphatic carbocycles. The summed E-state index contributed by atoms with van der Waals surface area (Å²) < 4.78 is 5.03. The third-order valence-electron chi connectivity index (χ3n) is 5.70. The van der Waals surface area contributed by atoms with Crippen molar-refractivity contribution < 1.29 is 24.2 Å². The maximum absolute atomic E-state index is 13.6. The molecule has 34 heavy (non-hydrogen) atoms. The third kappa shape index (κ3) is 4.01. The Labute approximate surface area is 201 Å². The quantitative estimate of drug-likeness (QED) is 0.396. The van der Waals surface area contributed by atoms with Crippen LogP contribution in [0.2, 0.25) is 0 Å². The lowest BCUT2D eigenvalue weighted by Gasteiger charge is -2.28. The number of rotatable bonds is 6. The molecule has 0 radical (unpaired) electrons. The van der Waals surface area contributed by atoms with E-state index in [1.165, 1.54) is 16.2 Å². The zero-order chi connectivity index (χ0) is 24.6. The van der Waals surface area contributed by atoms with Gasteiger partial charge >= 0.3 is 5.97 Å². The van der Waals surface area contributed by atoms with Crippen molar-refractivity contribution in [2.75, 3.05) is 11.5 Å². The molecule has 1 N–H and O–H groups in total. The topological polar surface area (TPSA) is 96.8 Å². The lowest BCUT2D eigenvalue weighted by atomic mass is 9.92. The molecule has 0 saturated heterocycles. The maximum Gasteiger partial charge on any atom is 0.338 e. The Morgan fingerprint density at radius 3 is 2.35 bits per heavy atom. The molecule has 7 nitrogen and oxygen atoms in total. The molecule has 0 bridgehead atoms. The third-order valence-corrected chi connectivity index (χ3v) is 6.77. The number of aromatic nitrogens is 1. The Balaban J connectivity index is 1.84. The van der Waals surface area contributed by atoms with Crippen molar-refractivity contribution in [3.8, 4) is 0 Å². The second-order valence-corrected chi connectivity index (χ2v) is 9.14. The van der Waals surface area contributed by atoms with Crippen LogP contribution in [-0.4, -0.2) is 34.4 Å². The van der Waals surface area contributed by atoms with Crippen molar-refractivity contribution in [3.05, 3.63) is 92.1 Å². The van der Waals surface area contributed by atoms with Gasteiger partial charge in [-0.15, -0.1) is 11.3 Å². The van der Waals surface area contributed by atoms with E-state index < -0.39 is 29.5 Å². The molecular formula is C26H24N2O5S. The van der Waals surface area contributed by atoms with E-state index in [1.54, 1.807) is 45.0 Å². The fourth-order valence-corrected chi connectivity index (χ4v) is 5.00. The Hall–Kier alpha value is -3.78. The molecule has 3 aromatic rings. The minimum atomic E-state index is -0.837.